The number of ketones is 1. The predicted molar refractivity (Wildman–Crippen MR) is 127 cm³/mol. The van der Waals surface area contributed by atoms with Gasteiger partial charge in [0.15, 0.2) is 0 Å². The van der Waals surface area contributed by atoms with Gasteiger partial charge in [-0.15, -0.1) is 0 Å². The Morgan fingerprint density at radius 1 is 0.943 bits per heavy atom. The summed E-state index contributed by atoms with van der Waals surface area (Å²) in [4.78, 5) is 46.1. The molecule has 35 heavy (non-hydrogen) atoms. The highest BCUT2D eigenvalue weighted by Crippen LogP contribution is 2.08. The summed E-state index contributed by atoms with van der Waals surface area (Å²) in [6.45, 7) is 1.38. The van der Waals surface area contributed by atoms with Crippen molar-refractivity contribution in [1.29, 1.82) is 0 Å². The normalized spacial score (nSPS) is 12.8. The third-order valence-electron chi connectivity index (χ3n) is 4.97. The summed E-state index contributed by atoms with van der Waals surface area (Å²) in [5.41, 5.74) is 1.28. The van der Waals surface area contributed by atoms with Gasteiger partial charge in [-0.3, -0.25) is 24.4 Å². The van der Waals surface area contributed by atoms with Crippen molar-refractivity contribution >= 4 is 27.6 Å². The maximum atomic E-state index is 12.9. The number of Topliss-reactive ketones (excluding diaryl/α,β-unsaturated/α-hetero) is 1. The fourth-order valence-corrected chi connectivity index (χ4v) is 4.30. The maximum absolute atomic E-state index is 12.9. The molecular formula is C24H25N5O5S. The SMILES string of the molecule is C[C@@H](NS(=O)(=O)c1cccnc1)C(=O)N[C@H](Cc1ccccc1)C(=O)C(=O)NCc1ccccn1. The van der Waals surface area contributed by atoms with Crippen LogP contribution in [-0.2, 0) is 37.4 Å². The summed E-state index contributed by atoms with van der Waals surface area (Å²) in [7, 11) is -4.02. The first-order valence-electron chi connectivity index (χ1n) is 10.7. The molecule has 1 aromatic carbocycles. The van der Waals surface area contributed by atoms with Gasteiger partial charge in [0.1, 0.15) is 10.9 Å². The molecule has 3 aromatic rings. The number of nitrogens with zero attached hydrogens (tertiary/aromatic N) is 2. The number of carbonyl (C=O) groups excluding carboxylic acids is 3. The second-order valence-electron chi connectivity index (χ2n) is 7.65. The lowest BCUT2D eigenvalue weighted by Gasteiger charge is -2.20. The van der Waals surface area contributed by atoms with Crippen molar-refractivity contribution in [2.24, 2.45) is 0 Å². The molecule has 10 nitrogen and oxygen atoms in total. The predicted octanol–water partition coefficient (Wildman–Crippen LogP) is 0.756. The molecule has 0 saturated heterocycles. The van der Waals surface area contributed by atoms with Crippen molar-refractivity contribution in [3.8, 4) is 0 Å². The second kappa shape index (κ2) is 12.0. The Bertz CT molecular complexity index is 1260. The number of sulfonamides is 1. The van der Waals surface area contributed by atoms with Crippen LogP contribution >= 0.6 is 0 Å². The number of pyridine rings is 2. The van der Waals surface area contributed by atoms with E-state index in [0.29, 0.717) is 11.3 Å². The van der Waals surface area contributed by atoms with Crippen molar-refractivity contribution in [2.45, 2.75) is 36.9 Å². The number of hydrogen-bond donors (Lipinski definition) is 3. The molecule has 2 atom stereocenters. The third kappa shape index (κ3) is 7.52. The molecule has 0 radical (unpaired) electrons. The molecule has 0 unspecified atom stereocenters. The number of carbonyl (C=O) groups is 3. The zero-order valence-corrected chi connectivity index (χ0v) is 19.7. The quantitative estimate of drug-likeness (QED) is 0.333. The van der Waals surface area contributed by atoms with Crippen LogP contribution in [0.2, 0.25) is 0 Å². The zero-order chi connectivity index (χ0) is 25.3. The molecule has 3 N–H and O–H groups in total. The van der Waals surface area contributed by atoms with Crippen molar-refractivity contribution in [1.82, 2.24) is 25.3 Å². The van der Waals surface area contributed by atoms with E-state index in [2.05, 4.69) is 25.3 Å². The minimum absolute atomic E-state index is 0.0404. The molecule has 0 bridgehead atoms. The molecule has 2 aromatic heterocycles. The minimum atomic E-state index is -4.02. The summed E-state index contributed by atoms with van der Waals surface area (Å²) >= 11 is 0. The Balaban J connectivity index is 1.70. The fourth-order valence-electron chi connectivity index (χ4n) is 3.14. The van der Waals surface area contributed by atoms with E-state index in [-0.39, 0.29) is 17.9 Å². The van der Waals surface area contributed by atoms with Crippen molar-refractivity contribution in [3.63, 3.8) is 0 Å². The minimum Gasteiger partial charge on any atom is -0.344 e. The van der Waals surface area contributed by atoms with Crippen LogP contribution in [0.25, 0.3) is 0 Å². The summed E-state index contributed by atoms with van der Waals surface area (Å²) in [6, 6.07) is 14.4. The van der Waals surface area contributed by atoms with Gasteiger partial charge in [0.2, 0.25) is 21.7 Å². The van der Waals surface area contributed by atoms with E-state index in [4.69, 9.17) is 0 Å². The van der Waals surface area contributed by atoms with Crippen LogP contribution in [0.5, 0.6) is 0 Å². The Hall–Kier alpha value is -3.96. The molecule has 2 amide bonds. The van der Waals surface area contributed by atoms with Gasteiger partial charge in [0.05, 0.1) is 18.3 Å². The number of nitrogens with one attached hydrogen (secondary N) is 3. The average Bonchev–Trinajstić information content (AvgIpc) is 2.88. The molecule has 2 heterocycles. The standard InChI is InChI=1S/C24H25N5O5S/c1-17(29-35(33,34)20-11-7-12-25-16-20)23(31)28-21(14-18-8-3-2-4-9-18)22(30)24(32)27-15-19-10-5-6-13-26-19/h2-13,16-17,21,29H,14-15H2,1H3,(H,27,32)(H,28,31)/t17-,21-/m1/s1. The maximum Gasteiger partial charge on any atom is 0.289 e. The second-order valence-corrected chi connectivity index (χ2v) is 9.36. The van der Waals surface area contributed by atoms with Crippen molar-refractivity contribution in [3.05, 3.63) is 90.5 Å². The molecule has 182 valence electrons. The van der Waals surface area contributed by atoms with Gasteiger partial charge in [-0.25, -0.2) is 8.42 Å². The molecule has 11 heteroatoms. The van der Waals surface area contributed by atoms with Crippen LogP contribution in [-0.4, -0.2) is 48.1 Å². The molecule has 0 aliphatic heterocycles. The van der Waals surface area contributed by atoms with E-state index in [9.17, 15) is 22.8 Å². The number of aromatic nitrogens is 2. The first-order valence-corrected chi connectivity index (χ1v) is 12.2. The van der Waals surface area contributed by atoms with E-state index in [1.165, 1.54) is 25.3 Å². The van der Waals surface area contributed by atoms with Gasteiger partial charge in [0, 0.05) is 25.0 Å². The van der Waals surface area contributed by atoms with Gasteiger partial charge >= 0.3 is 0 Å². The van der Waals surface area contributed by atoms with Crippen LogP contribution in [0.4, 0.5) is 0 Å². The molecule has 0 aliphatic carbocycles. The highest BCUT2D eigenvalue weighted by molar-refractivity contribution is 7.89. The summed E-state index contributed by atoms with van der Waals surface area (Å²) in [6.07, 6.45) is 4.19. The Morgan fingerprint density at radius 3 is 2.34 bits per heavy atom. The van der Waals surface area contributed by atoms with E-state index < -0.39 is 39.7 Å². The van der Waals surface area contributed by atoms with Crippen LogP contribution in [0, 0.1) is 0 Å². The highest BCUT2D eigenvalue weighted by Gasteiger charge is 2.30. The average molecular weight is 496 g/mol. The molecule has 0 fully saturated rings. The van der Waals surface area contributed by atoms with Crippen LogP contribution in [0.1, 0.15) is 18.2 Å². The van der Waals surface area contributed by atoms with Gasteiger partial charge in [0.25, 0.3) is 5.91 Å². The van der Waals surface area contributed by atoms with E-state index in [1.54, 1.807) is 54.7 Å². The summed E-state index contributed by atoms with van der Waals surface area (Å²) in [5.74, 6) is -2.51. The van der Waals surface area contributed by atoms with Crippen molar-refractivity contribution in [2.75, 3.05) is 0 Å². The van der Waals surface area contributed by atoms with Crippen molar-refractivity contribution < 1.29 is 22.8 Å². The summed E-state index contributed by atoms with van der Waals surface area (Å²) in [5, 5.41) is 5.02. The molecular weight excluding hydrogens is 470 g/mol. The highest BCUT2D eigenvalue weighted by atomic mass is 32.2. The number of rotatable bonds is 11. The lowest BCUT2D eigenvalue weighted by atomic mass is 10.0. The van der Waals surface area contributed by atoms with Crippen LogP contribution in [0.3, 0.4) is 0 Å². The Kier molecular flexibility index (Phi) is 8.76. The van der Waals surface area contributed by atoms with Crippen LogP contribution in [0.15, 0.2) is 84.1 Å². The molecule has 3 rings (SSSR count). The van der Waals surface area contributed by atoms with E-state index in [1.807, 2.05) is 0 Å². The van der Waals surface area contributed by atoms with Gasteiger partial charge in [-0.05, 0) is 36.8 Å². The topological polar surface area (TPSA) is 147 Å². The first-order chi connectivity index (χ1) is 16.8. The lowest BCUT2D eigenvalue weighted by Crippen LogP contribution is -2.53. The van der Waals surface area contributed by atoms with E-state index >= 15 is 0 Å². The smallest absolute Gasteiger partial charge is 0.289 e. The number of amides is 2. The number of benzene rings is 1. The monoisotopic (exact) mass is 495 g/mol. The Morgan fingerprint density at radius 2 is 1.69 bits per heavy atom. The first kappa shape index (κ1) is 25.7. The molecule has 0 saturated carbocycles. The zero-order valence-electron chi connectivity index (χ0n) is 18.9. The van der Waals surface area contributed by atoms with Gasteiger partial charge < -0.3 is 10.6 Å². The Labute approximate surface area is 203 Å². The van der Waals surface area contributed by atoms with Gasteiger partial charge in [-0.2, -0.15) is 4.72 Å². The largest absolute Gasteiger partial charge is 0.344 e. The number of hydrogen-bond acceptors (Lipinski definition) is 7. The fraction of sp³-hybridized carbons (Fsp3) is 0.208. The molecule has 0 aliphatic rings. The summed E-state index contributed by atoms with van der Waals surface area (Å²) < 4.78 is 27.3. The van der Waals surface area contributed by atoms with E-state index in [0.717, 1.165) is 6.20 Å². The third-order valence-corrected chi connectivity index (χ3v) is 6.49. The van der Waals surface area contributed by atoms with Gasteiger partial charge in [-0.1, -0.05) is 36.4 Å². The van der Waals surface area contributed by atoms with Crippen LogP contribution < -0.4 is 15.4 Å². The molecule has 0 spiro atoms. The lowest BCUT2D eigenvalue weighted by molar-refractivity contribution is -0.140.